The van der Waals surface area contributed by atoms with Gasteiger partial charge in [-0.2, -0.15) is 0 Å². The molecule has 0 aliphatic carbocycles. The van der Waals surface area contributed by atoms with Gasteiger partial charge in [0.15, 0.2) is 0 Å². The summed E-state index contributed by atoms with van der Waals surface area (Å²) in [6.45, 7) is 1.01. The third-order valence-electron chi connectivity index (χ3n) is 0.563. The molecule has 0 aromatic heterocycles. The monoisotopic (exact) mass is 119 g/mol. The first-order valence-electron chi connectivity index (χ1n) is 2.19. The van der Waals surface area contributed by atoms with Crippen molar-refractivity contribution in [1.29, 1.82) is 0 Å². The third-order valence-corrected chi connectivity index (χ3v) is 0.729. The highest BCUT2D eigenvalue weighted by atomic mass is 32.1. The highest BCUT2D eigenvalue weighted by Crippen LogP contribution is 1.67. The molecule has 0 unspecified atom stereocenters. The van der Waals surface area contributed by atoms with Crippen molar-refractivity contribution in [3.8, 4) is 0 Å². The van der Waals surface area contributed by atoms with Crippen LogP contribution in [0.25, 0.3) is 0 Å². The van der Waals surface area contributed by atoms with Crippen LogP contribution in [-0.4, -0.2) is 23.7 Å². The Morgan fingerprint density at radius 2 is 2.43 bits per heavy atom. The highest BCUT2D eigenvalue weighted by Gasteiger charge is 1.76. The Morgan fingerprint density at radius 3 is 2.86 bits per heavy atom. The Balaban J connectivity index is 2.56. The van der Waals surface area contributed by atoms with Crippen molar-refractivity contribution >= 4 is 17.7 Å². The number of hydrogen-bond acceptors (Lipinski definition) is 2. The van der Waals surface area contributed by atoms with Crippen LogP contribution in [-0.2, 0) is 0 Å². The molecule has 2 nitrogen and oxygen atoms in total. The minimum atomic E-state index is 0.232. The van der Waals surface area contributed by atoms with Crippen LogP contribution in [0.3, 0.4) is 0 Å². The summed E-state index contributed by atoms with van der Waals surface area (Å²) in [6.07, 6.45) is 0.771. The quantitative estimate of drug-likeness (QED) is 0.401. The molecule has 0 saturated heterocycles. The summed E-state index contributed by atoms with van der Waals surface area (Å²) in [7, 11) is 0. The lowest BCUT2D eigenvalue weighted by Gasteiger charge is -1.92. The van der Waals surface area contributed by atoms with Crippen LogP contribution in [0.5, 0.6) is 0 Å². The average Bonchev–Trinajstić information content (AvgIpc) is 1.69. The van der Waals surface area contributed by atoms with E-state index in [1.807, 2.05) is 0 Å². The molecule has 0 radical (unpaired) electrons. The molecule has 0 aliphatic heterocycles. The maximum Gasteiger partial charge on any atom is 0.0614 e. The van der Waals surface area contributed by atoms with Gasteiger partial charge in [0.05, 0.1) is 5.49 Å². The Hall–Kier alpha value is -0.150. The van der Waals surface area contributed by atoms with Gasteiger partial charge in [0.25, 0.3) is 0 Å². The molecular weight excluding hydrogens is 110 g/mol. The first kappa shape index (κ1) is 6.85. The van der Waals surface area contributed by atoms with E-state index in [1.165, 1.54) is 5.49 Å². The number of thiocarbonyl (C=S) groups is 1. The van der Waals surface area contributed by atoms with Gasteiger partial charge in [0, 0.05) is 13.2 Å². The third kappa shape index (κ3) is 5.85. The number of aliphatic hydroxyl groups is 1. The minimum Gasteiger partial charge on any atom is -0.396 e. The molecule has 0 atom stereocenters. The van der Waals surface area contributed by atoms with Gasteiger partial charge < -0.3 is 10.4 Å². The molecule has 0 aromatic rings. The largest absolute Gasteiger partial charge is 0.396 e. The van der Waals surface area contributed by atoms with Crippen LogP contribution in [0, 0.1) is 0 Å². The maximum atomic E-state index is 8.20. The summed E-state index contributed by atoms with van der Waals surface area (Å²) in [5, 5.41) is 11.0. The van der Waals surface area contributed by atoms with Crippen molar-refractivity contribution in [2.75, 3.05) is 13.2 Å². The van der Waals surface area contributed by atoms with Gasteiger partial charge in [-0.3, -0.25) is 0 Å². The van der Waals surface area contributed by atoms with Crippen molar-refractivity contribution in [2.24, 2.45) is 0 Å². The smallest absolute Gasteiger partial charge is 0.0614 e. The second-order valence-corrected chi connectivity index (χ2v) is 1.38. The summed E-state index contributed by atoms with van der Waals surface area (Å²) in [5.41, 5.74) is 1.45. The molecule has 0 heterocycles. The Bertz CT molecular complexity index is 49.0. The van der Waals surface area contributed by atoms with Gasteiger partial charge in [0.2, 0.25) is 0 Å². The van der Waals surface area contributed by atoms with Gasteiger partial charge in [-0.1, -0.05) is 12.2 Å². The standard InChI is InChI=1S/C4H9NOS/c6-3-1-2-5-4-7/h4,6H,1-3H2,(H,5,7). The molecule has 3 heteroatoms. The summed E-state index contributed by atoms with van der Waals surface area (Å²) in [6, 6.07) is 0. The molecular formula is C4H9NOS. The van der Waals surface area contributed by atoms with E-state index in [9.17, 15) is 0 Å². The second kappa shape index (κ2) is 5.85. The molecule has 42 valence electrons. The molecule has 2 N–H and O–H groups in total. The Kier molecular flexibility index (Phi) is 5.72. The van der Waals surface area contributed by atoms with E-state index in [2.05, 4.69) is 17.5 Å². The molecule has 7 heavy (non-hydrogen) atoms. The number of hydrogen-bond donors (Lipinski definition) is 2. The zero-order valence-corrected chi connectivity index (χ0v) is 4.87. The van der Waals surface area contributed by atoms with Gasteiger partial charge in [-0.05, 0) is 6.42 Å². The van der Waals surface area contributed by atoms with E-state index in [0.717, 1.165) is 13.0 Å². The van der Waals surface area contributed by atoms with Crippen LogP contribution in [0.4, 0.5) is 0 Å². The van der Waals surface area contributed by atoms with E-state index in [1.54, 1.807) is 0 Å². The SMILES string of the molecule is OCCCNC=S. The normalized spacial score (nSPS) is 8.14. The fraction of sp³-hybridized carbons (Fsp3) is 0.750. The van der Waals surface area contributed by atoms with E-state index in [0.29, 0.717) is 0 Å². The van der Waals surface area contributed by atoms with E-state index in [4.69, 9.17) is 5.11 Å². The zero-order chi connectivity index (χ0) is 5.54. The predicted octanol–water partition coefficient (Wildman–Crippen LogP) is -0.0844. The second-order valence-electron chi connectivity index (χ2n) is 1.15. The van der Waals surface area contributed by atoms with Gasteiger partial charge in [0.1, 0.15) is 0 Å². The number of nitrogens with one attached hydrogen (secondary N) is 1. The number of rotatable bonds is 4. The molecule has 0 spiro atoms. The molecule has 0 saturated carbocycles. The van der Waals surface area contributed by atoms with Crippen LogP contribution in [0.15, 0.2) is 0 Å². The topological polar surface area (TPSA) is 32.3 Å². The first-order chi connectivity index (χ1) is 3.41. The summed E-state index contributed by atoms with van der Waals surface area (Å²) >= 11 is 4.45. The summed E-state index contributed by atoms with van der Waals surface area (Å²) < 4.78 is 0. The Morgan fingerprint density at radius 1 is 1.71 bits per heavy atom. The van der Waals surface area contributed by atoms with Gasteiger partial charge in [-0.25, -0.2) is 0 Å². The van der Waals surface area contributed by atoms with Crippen LogP contribution < -0.4 is 5.32 Å². The van der Waals surface area contributed by atoms with E-state index < -0.39 is 0 Å². The lowest BCUT2D eigenvalue weighted by molar-refractivity contribution is 0.289. The van der Waals surface area contributed by atoms with Crippen LogP contribution in [0.2, 0.25) is 0 Å². The number of aliphatic hydroxyl groups excluding tert-OH is 1. The molecule has 0 aromatic carbocycles. The van der Waals surface area contributed by atoms with Crippen molar-refractivity contribution in [2.45, 2.75) is 6.42 Å². The molecule has 0 bridgehead atoms. The maximum absolute atomic E-state index is 8.20. The summed E-state index contributed by atoms with van der Waals surface area (Å²) in [4.78, 5) is 0. The molecule has 0 aliphatic rings. The summed E-state index contributed by atoms with van der Waals surface area (Å²) in [5.74, 6) is 0. The van der Waals surface area contributed by atoms with Gasteiger partial charge >= 0.3 is 0 Å². The lowest BCUT2D eigenvalue weighted by Crippen LogP contribution is -2.11. The average molecular weight is 119 g/mol. The van der Waals surface area contributed by atoms with Gasteiger partial charge in [-0.15, -0.1) is 0 Å². The van der Waals surface area contributed by atoms with E-state index in [-0.39, 0.29) is 6.61 Å². The minimum absolute atomic E-state index is 0.232. The fourth-order valence-corrected chi connectivity index (χ4v) is 0.358. The van der Waals surface area contributed by atoms with E-state index >= 15 is 0 Å². The molecule has 0 amide bonds. The first-order valence-corrected chi connectivity index (χ1v) is 2.67. The van der Waals surface area contributed by atoms with Crippen molar-refractivity contribution in [1.82, 2.24) is 5.32 Å². The zero-order valence-electron chi connectivity index (χ0n) is 4.05. The van der Waals surface area contributed by atoms with Crippen molar-refractivity contribution < 1.29 is 5.11 Å². The molecule has 0 fully saturated rings. The fourth-order valence-electron chi connectivity index (χ4n) is 0.240. The van der Waals surface area contributed by atoms with Crippen molar-refractivity contribution in [3.05, 3.63) is 0 Å². The lowest BCUT2D eigenvalue weighted by atomic mass is 10.5. The van der Waals surface area contributed by atoms with Crippen LogP contribution in [0.1, 0.15) is 6.42 Å². The van der Waals surface area contributed by atoms with Crippen molar-refractivity contribution in [3.63, 3.8) is 0 Å². The highest BCUT2D eigenvalue weighted by molar-refractivity contribution is 7.78. The molecule has 0 rings (SSSR count). The Labute approximate surface area is 48.5 Å². The van der Waals surface area contributed by atoms with Crippen LogP contribution >= 0.6 is 12.2 Å². The predicted molar refractivity (Wildman–Crippen MR) is 33.4 cm³/mol.